The van der Waals surface area contributed by atoms with Crippen molar-refractivity contribution in [1.82, 2.24) is 10.2 Å². The molecule has 0 aromatic heterocycles. The number of nitrogens with one attached hydrogen (secondary N) is 1. The number of methoxy groups -OCH3 is 1. The van der Waals surface area contributed by atoms with Gasteiger partial charge >= 0.3 is 5.97 Å². The van der Waals surface area contributed by atoms with E-state index in [-0.39, 0.29) is 31.4 Å². The van der Waals surface area contributed by atoms with Crippen LogP contribution >= 0.6 is 0 Å². The van der Waals surface area contributed by atoms with Gasteiger partial charge in [0.05, 0.1) is 19.1 Å². The Hall–Kier alpha value is -2.41. The molecule has 0 saturated carbocycles. The van der Waals surface area contributed by atoms with E-state index in [4.69, 9.17) is 4.74 Å². The Morgan fingerprint density at radius 2 is 1.96 bits per heavy atom. The van der Waals surface area contributed by atoms with Gasteiger partial charge in [-0.1, -0.05) is 29.8 Å². The molecular formula is C20H28N2O5. The molecule has 148 valence electrons. The maximum atomic E-state index is 12.9. The third-order valence-corrected chi connectivity index (χ3v) is 5.04. The van der Waals surface area contributed by atoms with Crippen LogP contribution in [0.3, 0.4) is 0 Å². The summed E-state index contributed by atoms with van der Waals surface area (Å²) in [5, 5.41) is 12.5. The lowest BCUT2D eigenvalue weighted by molar-refractivity contribution is -0.159. The molecule has 2 amide bonds. The van der Waals surface area contributed by atoms with E-state index in [1.165, 1.54) is 14.0 Å². The number of aliphatic carboxylic acids is 1. The fourth-order valence-corrected chi connectivity index (χ4v) is 3.58. The summed E-state index contributed by atoms with van der Waals surface area (Å²) in [4.78, 5) is 37.8. The van der Waals surface area contributed by atoms with Gasteiger partial charge in [0.2, 0.25) is 11.8 Å². The second-order valence-electron chi connectivity index (χ2n) is 7.31. The maximum absolute atomic E-state index is 12.9. The first kappa shape index (κ1) is 20.9. The maximum Gasteiger partial charge on any atom is 0.313 e. The number of rotatable bonds is 7. The van der Waals surface area contributed by atoms with Gasteiger partial charge in [-0.05, 0) is 25.3 Å². The van der Waals surface area contributed by atoms with Crippen LogP contribution in [0, 0.1) is 12.3 Å². The van der Waals surface area contributed by atoms with E-state index in [2.05, 4.69) is 5.32 Å². The van der Waals surface area contributed by atoms with Crippen LogP contribution < -0.4 is 5.32 Å². The minimum atomic E-state index is -1.07. The van der Waals surface area contributed by atoms with Crippen LogP contribution in [0.5, 0.6) is 0 Å². The first-order chi connectivity index (χ1) is 12.8. The van der Waals surface area contributed by atoms with Gasteiger partial charge in [-0.3, -0.25) is 14.4 Å². The predicted molar refractivity (Wildman–Crippen MR) is 100 cm³/mol. The fraction of sp³-hybridized carbons (Fsp3) is 0.550. The molecule has 2 atom stereocenters. The van der Waals surface area contributed by atoms with Gasteiger partial charge in [-0.2, -0.15) is 0 Å². The Morgan fingerprint density at radius 3 is 2.52 bits per heavy atom. The molecule has 1 saturated heterocycles. The Bertz CT molecular complexity index is 684. The predicted octanol–water partition coefficient (Wildman–Crippen LogP) is 1.90. The number of hydrogen-bond donors (Lipinski definition) is 2. The topological polar surface area (TPSA) is 95.9 Å². The molecule has 27 heavy (non-hydrogen) atoms. The van der Waals surface area contributed by atoms with Crippen LogP contribution in [0.1, 0.15) is 43.4 Å². The highest BCUT2D eigenvalue weighted by Crippen LogP contribution is 2.32. The number of carbonyl (C=O) groups is 3. The molecule has 1 fully saturated rings. The molecular weight excluding hydrogens is 348 g/mol. The second kappa shape index (κ2) is 8.99. The van der Waals surface area contributed by atoms with Crippen LogP contribution in [0.4, 0.5) is 0 Å². The van der Waals surface area contributed by atoms with Gasteiger partial charge in [0.1, 0.15) is 5.41 Å². The number of piperidine rings is 1. The molecule has 0 radical (unpaired) electrons. The van der Waals surface area contributed by atoms with Crippen LogP contribution in [-0.4, -0.2) is 54.6 Å². The summed E-state index contributed by atoms with van der Waals surface area (Å²) >= 11 is 0. The number of carboxylic acids is 1. The summed E-state index contributed by atoms with van der Waals surface area (Å²) < 4.78 is 5.11. The van der Waals surface area contributed by atoms with E-state index in [0.29, 0.717) is 19.4 Å². The molecule has 1 aliphatic heterocycles. The number of carboxylic acid groups (broad SMARTS) is 1. The van der Waals surface area contributed by atoms with Crippen molar-refractivity contribution in [2.75, 3.05) is 26.8 Å². The molecule has 2 rings (SSSR count). The first-order valence-electron chi connectivity index (χ1n) is 9.11. The minimum absolute atomic E-state index is 0.0687. The van der Waals surface area contributed by atoms with Gasteiger partial charge < -0.3 is 20.1 Å². The number of hydrogen-bond acceptors (Lipinski definition) is 4. The van der Waals surface area contributed by atoms with Crippen molar-refractivity contribution in [3.63, 3.8) is 0 Å². The highest BCUT2D eigenvalue weighted by atomic mass is 16.5. The first-order valence-corrected chi connectivity index (χ1v) is 9.11. The van der Waals surface area contributed by atoms with Crippen molar-refractivity contribution >= 4 is 17.8 Å². The van der Waals surface area contributed by atoms with Crippen LogP contribution in [-0.2, 0) is 19.1 Å². The molecule has 0 aliphatic carbocycles. The van der Waals surface area contributed by atoms with Gasteiger partial charge in [-0.15, -0.1) is 0 Å². The standard InChI is InChI=1S/C20H28N2O5/c1-14-5-7-16(8-6-14)17(21-15(2)23)11-18(24)22-10-4-9-20(12-22,13-27-3)19(25)26/h5-8,17H,4,9-13H2,1-3H3,(H,21,23)(H,25,26). The van der Waals surface area contributed by atoms with E-state index in [9.17, 15) is 19.5 Å². The molecule has 0 bridgehead atoms. The van der Waals surface area contributed by atoms with Gasteiger partial charge in [-0.25, -0.2) is 0 Å². The van der Waals surface area contributed by atoms with Crippen molar-refractivity contribution in [2.24, 2.45) is 5.41 Å². The van der Waals surface area contributed by atoms with Crippen molar-refractivity contribution in [3.05, 3.63) is 35.4 Å². The summed E-state index contributed by atoms with van der Waals surface area (Å²) in [7, 11) is 1.47. The van der Waals surface area contributed by atoms with Crippen molar-refractivity contribution < 1.29 is 24.2 Å². The molecule has 1 aliphatic rings. The number of aryl methyl sites for hydroxylation is 1. The quantitative estimate of drug-likeness (QED) is 0.758. The van der Waals surface area contributed by atoms with E-state index in [0.717, 1.165) is 11.1 Å². The highest BCUT2D eigenvalue weighted by Gasteiger charge is 2.44. The van der Waals surface area contributed by atoms with Crippen LogP contribution in [0.15, 0.2) is 24.3 Å². The molecule has 2 N–H and O–H groups in total. The molecule has 2 unspecified atom stereocenters. The average Bonchev–Trinajstić information content (AvgIpc) is 2.61. The molecule has 7 nitrogen and oxygen atoms in total. The SMILES string of the molecule is COCC1(C(=O)O)CCCN(C(=O)CC(NC(C)=O)c2ccc(C)cc2)C1. The smallest absolute Gasteiger partial charge is 0.313 e. The molecule has 0 spiro atoms. The van der Waals surface area contributed by atoms with Gasteiger partial charge in [0.25, 0.3) is 0 Å². The number of benzene rings is 1. The molecule has 1 aromatic carbocycles. The summed E-state index contributed by atoms with van der Waals surface area (Å²) in [6.45, 7) is 4.09. The summed E-state index contributed by atoms with van der Waals surface area (Å²) in [6.07, 6.45) is 1.18. The third-order valence-electron chi connectivity index (χ3n) is 5.04. The lowest BCUT2D eigenvalue weighted by Crippen LogP contribution is -2.52. The lowest BCUT2D eigenvalue weighted by atomic mass is 9.80. The number of likely N-dealkylation sites (tertiary alicyclic amines) is 1. The minimum Gasteiger partial charge on any atom is -0.481 e. The number of amides is 2. The molecule has 1 heterocycles. The van der Waals surface area contributed by atoms with Crippen molar-refractivity contribution in [3.8, 4) is 0 Å². The lowest BCUT2D eigenvalue weighted by Gasteiger charge is -2.40. The molecule has 1 aromatic rings. The van der Waals surface area contributed by atoms with Gasteiger partial charge in [0.15, 0.2) is 0 Å². The van der Waals surface area contributed by atoms with Gasteiger partial charge in [0, 0.05) is 27.1 Å². The number of ether oxygens (including phenoxy) is 1. The Kier molecular flexibility index (Phi) is 6.96. The fourth-order valence-electron chi connectivity index (χ4n) is 3.58. The normalized spacial score (nSPS) is 20.8. The zero-order chi connectivity index (χ0) is 20.0. The number of carbonyl (C=O) groups excluding carboxylic acids is 2. The summed E-state index contributed by atoms with van der Waals surface area (Å²) in [5.74, 6) is -1.33. The zero-order valence-corrected chi connectivity index (χ0v) is 16.2. The van der Waals surface area contributed by atoms with Crippen LogP contribution in [0.25, 0.3) is 0 Å². The van der Waals surface area contributed by atoms with E-state index < -0.39 is 17.4 Å². The largest absolute Gasteiger partial charge is 0.481 e. The second-order valence-corrected chi connectivity index (χ2v) is 7.31. The Balaban J connectivity index is 2.15. The van der Waals surface area contributed by atoms with Crippen molar-refractivity contribution in [2.45, 2.75) is 39.2 Å². The summed E-state index contributed by atoms with van der Waals surface area (Å²) in [5.41, 5.74) is 0.867. The van der Waals surface area contributed by atoms with Crippen LogP contribution in [0.2, 0.25) is 0 Å². The molecule has 7 heteroatoms. The Morgan fingerprint density at radius 1 is 1.30 bits per heavy atom. The Labute approximate surface area is 159 Å². The highest BCUT2D eigenvalue weighted by molar-refractivity contribution is 5.81. The zero-order valence-electron chi connectivity index (χ0n) is 16.2. The summed E-state index contributed by atoms with van der Waals surface area (Å²) in [6, 6.07) is 7.21. The van der Waals surface area contributed by atoms with E-state index in [1.807, 2.05) is 31.2 Å². The monoisotopic (exact) mass is 376 g/mol. The van der Waals surface area contributed by atoms with Crippen molar-refractivity contribution in [1.29, 1.82) is 0 Å². The number of nitrogens with zero attached hydrogens (tertiary/aromatic N) is 1. The average molecular weight is 376 g/mol. The third kappa shape index (κ3) is 5.29. The van der Waals surface area contributed by atoms with E-state index in [1.54, 1.807) is 4.90 Å². The van der Waals surface area contributed by atoms with E-state index >= 15 is 0 Å².